The van der Waals surface area contributed by atoms with Crippen LogP contribution in [0.3, 0.4) is 0 Å². The van der Waals surface area contributed by atoms with Gasteiger partial charge in [-0.3, -0.25) is 9.80 Å². The average molecular weight is 238 g/mol. The number of piperidine rings is 2. The summed E-state index contributed by atoms with van der Waals surface area (Å²) in [7, 11) is 0. The lowest BCUT2D eigenvalue weighted by molar-refractivity contribution is -0.115. The Bertz CT molecular complexity index is 232. The average Bonchev–Trinajstić information content (AvgIpc) is 2.42. The van der Waals surface area contributed by atoms with Gasteiger partial charge in [0.05, 0.1) is 6.04 Å². The number of aldehydes is 1. The zero-order valence-electron chi connectivity index (χ0n) is 11.1. The summed E-state index contributed by atoms with van der Waals surface area (Å²) in [5.74, 6) is 0. The minimum absolute atomic E-state index is 0.119. The summed E-state index contributed by atoms with van der Waals surface area (Å²) in [6.45, 7) is 6.82. The maximum Gasteiger partial charge on any atom is 0.138 e. The number of hydrogen-bond acceptors (Lipinski definition) is 3. The van der Waals surface area contributed by atoms with E-state index in [1.807, 2.05) is 0 Å². The van der Waals surface area contributed by atoms with Crippen LogP contribution >= 0.6 is 0 Å². The molecule has 2 rings (SSSR count). The predicted octanol–water partition coefficient (Wildman–Crippen LogP) is 1.91. The van der Waals surface area contributed by atoms with Gasteiger partial charge < -0.3 is 4.79 Å². The Morgan fingerprint density at radius 2 is 1.29 bits per heavy atom. The highest BCUT2D eigenvalue weighted by Crippen LogP contribution is 2.19. The third-order valence-electron chi connectivity index (χ3n) is 4.41. The van der Waals surface area contributed by atoms with Gasteiger partial charge in [0.15, 0.2) is 0 Å². The first-order valence-corrected chi connectivity index (χ1v) is 7.26. The number of nitrogens with zero attached hydrogens (tertiary/aromatic N) is 2. The third-order valence-corrected chi connectivity index (χ3v) is 4.41. The molecular weight excluding hydrogens is 212 g/mol. The first kappa shape index (κ1) is 13.0. The molecule has 3 heteroatoms. The molecule has 3 nitrogen and oxygen atoms in total. The molecule has 0 aromatic heterocycles. The van der Waals surface area contributed by atoms with Crippen LogP contribution in [0.15, 0.2) is 0 Å². The summed E-state index contributed by atoms with van der Waals surface area (Å²) in [4.78, 5) is 16.3. The van der Waals surface area contributed by atoms with Crippen LogP contribution in [0.1, 0.15) is 45.4 Å². The monoisotopic (exact) mass is 238 g/mol. The molecule has 0 bridgehead atoms. The zero-order valence-corrected chi connectivity index (χ0v) is 11.1. The highest BCUT2D eigenvalue weighted by molar-refractivity contribution is 5.59. The SMILES string of the molecule is C[C@H]([C@H](C=O)N1CCCCC1)N1CCCCC1. The fourth-order valence-electron chi connectivity index (χ4n) is 3.26. The van der Waals surface area contributed by atoms with Gasteiger partial charge in [-0.1, -0.05) is 12.8 Å². The quantitative estimate of drug-likeness (QED) is 0.699. The Morgan fingerprint density at radius 3 is 1.76 bits per heavy atom. The largest absolute Gasteiger partial charge is 0.302 e. The zero-order chi connectivity index (χ0) is 12.1. The maximum absolute atomic E-state index is 11.4. The second-order valence-electron chi connectivity index (χ2n) is 5.56. The number of hydrogen-bond donors (Lipinski definition) is 0. The molecule has 2 heterocycles. The normalized spacial score (nSPS) is 27.6. The van der Waals surface area contributed by atoms with Crippen molar-refractivity contribution < 1.29 is 4.79 Å². The van der Waals surface area contributed by atoms with E-state index in [0.29, 0.717) is 6.04 Å². The van der Waals surface area contributed by atoms with Crippen molar-refractivity contribution >= 4 is 6.29 Å². The van der Waals surface area contributed by atoms with Gasteiger partial charge in [-0.05, 0) is 58.8 Å². The van der Waals surface area contributed by atoms with Gasteiger partial charge in [0.25, 0.3) is 0 Å². The van der Waals surface area contributed by atoms with Crippen molar-refractivity contribution in [3.05, 3.63) is 0 Å². The van der Waals surface area contributed by atoms with Gasteiger partial charge in [-0.15, -0.1) is 0 Å². The molecule has 0 N–H and O–H groups in total. The minimum Gasteiger partial charge on any atom is -0.302 e. The Labute approximate surface area is 105 Å². The van der Waals surface area contributed by atoms with Crippen LogP contribution < -0.4 is 0 Å². The van der Waals surface area contributed by atoms with Crippen molar-refractivity contribution in [3.63, 3.8) is 0 Å². The van der Waals surface area contributed by atoms with Crippen LogP contribution in [0.4, 0.5) is 0 Å². The first-order valence-electron chi connectivity index (χ1n) is 7.26. The molecule has 0 amide bonds. The van der Waals surface area contributed by atoms with Gasteiger partial charge in [0, 0.05) is 6.04 Å². The van der Waals surface area contributed by atoms with E-state index in [0.717, 1.165) is 13.1 Å². The Hall–Kier alpha value is -0.410. The Morgan fingerprint density at radius 1 is 0.824 bits per heavy atom. The van der Waals surface area contributed by atoms with Crippen LogP contribution in [0, 0.1) is 0 Å². The van der Waals surface area contributed by atoms with Crippen LogP contribution in [0.2, 0.25) is 0 Å². The van der Waals surface area contributed by atoms with E-state index in [1.165, 1.54) is 57.9 Å². The van der Waals surface area contributed by atoms with Crippen LogP contribution in [-0.2, 0) is 4.79 Å². The van der Waals surface area contributed by atoms with Crippen molar-refractivity contribution in [3.8, 4) is 0 Å². The summed E-state index contributed by atoms with van der Waals surface area (Å²) in [5.41, 5.74) is 0. The van der Waals surface area contributed by atoms with Gasteiger partial charge in [-0.2, -0.15) is 0 Å². The van der Waals surface area contributed by atoms with Crippen LogP contribution in [0.25, 0.3) is 0 Å². The fraction of sp³-hybridized carbons (Fsp3) is 0.929. The van der Waals surface area contributed by atoms with Gasteiger partial charge >= 0.3 is 0 Å². The van der Waals surface area contributed by atoms with Crippen LogP contribution in [-0.4, -0.2) is 54.3 Å². The molecule has 0 aromatic rings. The summed E-state index contributed by atoms with van der Waals surface area (Å²) in [5, 5.41) is 0. The predicted molar refractivity (Wildman–Crippen MR) is 70.2 cm³/mol. The van der Waals surface area contributed by atoms with E-state index in [1.54, 1.807) is 0 Å². The van der Waals surface area contributed by atoms with E-state index in [-0.39, 0.29) is 6.04 Å². The van der Waals surface area contributed by atoms with Crippen molar-refractivity contribution in [1.82, 2.24) is 9.80 Å². The summed E-state index contributed by atoms with van der Waals surface area (Å²) in [6, 6.07) is 0.513. The Kier molecular flexibility index (Phi) is 4.99. The second-order valence-corrected chi connectivity index (χ2v) is 5.56. The third kappa shape index (κ3) is 3.29. The molecule has 0 aliphatic carbocycles. The van der Waals surface area contributed by atoms with Crippen molar-refractivity contribution in [2.75, 3.05) is 26.2 Å². The molecule has 0 unspecified atom stereocenters. The van der Waals surface area contributed by atoms with Crippen molar-refractivity contribution in [2.24, 2.45) is 0 Å². The lowest BCUT2D eigenvalue weighted by Gasteiger charge is -2.41. The Balaban J connectivity index is 1.93. The van der Waals surface area contributed by atoms with E-state index < -0.39 is 0 Å². The molecule has 2 aliphatic heterocycles. The van der Waals surface area contributed by atoms with Crippen molar-refractivity contribution in [2.45, 2.75) is 57.5 Å². The smallest absolute Gasteiger partial charge is 0.138 e. The molecule has 98 valence electrons. The first-order chi connectivity index (χ1) is 8.33. The van der Waals surface area contributed by atoms with E-state index in [2.05, 4.69) is 16.7 Å². The lowest BCUT2D eigenvalue weighted by Crippen LogP contribution is -2.53. The van der Waals surface area contributed by atoms with E-state index in [9.17, 15) is 4.79 Å². The van der Waals surface area contributed by atoms with Gasteiger partial charge in [0.1, 0.15) is 6.29 Å². The summed E-state index contributed by atoms with van der Waals surface area (Å²) < 4.78 is 0. The van der Waals surface area contributed by atoms with E-state index in [4.69, 9.17) is 0 Å². The summed E-state index contributed by atoms with van der Waals surface area (Å²) >= 11 is 0. The molecule has 2 fully saturated rings. The number of carbonyl (C=O) groups excluding carboxylic acids is 1. The molecule has 0 spiro atoms. The molecule has 17 heavy (non-hydrogen) atoms. The fourth-order valence-corrected chi connectivity index (χ4v) is 3.26. The van der Waals surface area contributed by atoms with Crippen molar-refractivity contribution in [1.29, 1.82) is 0 Å². The maximum atomic E-state index is 11.4. The molecule has 0 saturated carbocycles. The second kappa shape index (κ2) is 6.50. The van der Waals surface area contributed by atoms with E-state index >= 15 is 0 Å². The highest BCUT2D eigenvalue weighted by atomic mass is 16.1. The molecular formula is C14H26N2O. The molecule has 2 saturated heterocycles. The minimum atomic E-state index is 0.119. The summed E-state index contributed by atoms with van der Waals surface area (Å²) in [6.07, 6.45) is 9.00. The van der Waals surface area contributed by atoms with Gasteiger partial charge in [0.2, 0.25) is 0 Å². The number of likely N-dealkylation sites (tertiary alicyclic amines) is 2. The molecule has 2 aliphatic rings. The van der Waals surface area contributed by atoms with Gasteiger partial charge in [-0.25, -0.2) is 0 Å². The van der Waals surface area contributed by atoms with Crippen LogP contribution in [0.5, 0.6) is 0 Å². The lowest BCUT2D eigenvalue weighted by atomic mass is 10.0. The number of rotatable bonds is 4. The molecule has 0 radical (unpaired) electrons. The highest BCUT2D eigenvalue weighted by Gasteiger charge is 2.29. The number of carbonyl (C=O) groups is 1. The molecule has 2 atom stereocenters. The topological polar surface area (TPSA) is 23.6 Å². The standard InChI is InChI=1S/C14H26N2O/c1-13(15-8-4-2-5-9-15)14(12-17)16-10-6-3-7-11-16/h12-14H,2-11H2,1H3/t13-,14+/m1/s1. The molecule has 0 aromatic carbocycles.